The van der Waals surface area contributed by atoms with Crippen molar-refractivity contribution in [3.05, 3.63) is 48.0 Å². The lowest BCUT2D eigenvalue weighted by Gasteiger charge is -2.24. The fourth-order valence-electron chi connectivity index (χ4n) is 4.63. The second kappa shape index (κ2) is 9.85. The third kappa shape index (κ3) is 4.78. The molecule has 1 amide bonds. The van der Waals surface area contributed by atoms with E-state index in [4.69, 9.17) is 19.9 Å². The molecule has 0 unspecified atom stereocenters. The molecule has 3 aromatic rings. The van der Waals surface area contributed by atoms with E-state index in [-0.39, 0.29) is 11.7 Å². The van der Waals surface area contributed by atoms with Crippen molar-refractivity contribution in [3.8, 4) is 11.8 Å². The van der Waals surface area contributed by atoms with E-state index in [0.29, 0.717) is 30.0 Å². The maximum atomic E-state index is 12.7. The number of carbonyl (C=O) groups excluding carboxylic acids is 1. The number of imidazole rings is 1. The molecule has 10 heteroatoms. The highest BCUT2D eigenvalue weighted by atomic mass is 16.8. The van der Waals surface area contributed by atoms with Gasteiger partial charge in [0.15, 0.2) is 29.6 Å². The van der Waals surface area contributed by atoms with Crippen LogP contribution < -0.4 is 11.1 Å². The van der Waals surface area contributed by atoms with Crippen LogP contribution in [0.5, 0.6) is 0 Å². The minimum Gasteiger partial charge on any atom is -0.382 e. The highest BCUT2D eigenvalue weighted by molar-refractivity contribution is 5.83. The summed E-state index contributed by atoms with van der Waals surface area (Å²) in [6, 6.07) is 10.3. The topological polar surface area (TPSA) is 126 Å². The van der Waals surface area contributed by atoms with Gasteiger partial charge in [-0.15, -0.1) is 0 Å². The number of benzene rings is 1. The van der Waals surface area contributed by atoms with Crippen LogP contribution in [0.3, 0.4) is 0 Å². The largest absolute Gasteiger partial charge is 0.382 e. The zero-order valence-electron chi connectivity index (χ0n) is 20.6. The first kappa shape index (κ1) is 24.2. The number of aryl methyl sites for hydroxylation is 1. The minimum absolute atomic E-state index is 0.228. The molecule has 0 saturated carbocycles. The van der Waals surface area contributed by atoms with Crippen molar-refractivity contribution in [1.29, 1.82) is 0 Å². The number of aromatic nitrogens is 4. The van der Waals surface area contributed by atoms with Crippen molar-refractivity contribution >= 4 is 22.9 Å². The highest BCUT2D eigenvalue weighted by Gasteiger charge is 2.58. The molecule has 10 nitrogen and oxygen atoms in total. The number of unbranched alkanes of at least 4 members (excludes halogenated alkanes) is 1. The van der Waals surface area contributed by atoms with Gasteiger partial charge in [-0.05, 0) is 45.1 Å². The van der Waals surface area contributed by atoms with Gasteiger partial charge in [0.2, 0.25) is 5.82 Å². The number of fused-ring (bicyclic) bond motifs is 2. The first-order valence-electron chi connectivity index (χ1n) is 12.2. The number of ether oxygens (including phenoxy) is 3. The smallest absolute Gasteiger partial charge is 0.252 e. The predicted octanol–water partition coefficient (Wildman–Crippen LogP) is 2.34. The lowest BCUT2D eigenvalue weighted by molar-refractivity contribution is -0.197. The van der Waals surface area contributed by atoms with E-state index in [1.54, 1.807) is 10.9 Å². The Morgan fingerprint density at radius 3 is 2.75 bits per heavy atom. The Morgan fingerprint density at radius 1 is 1.19 bits per heavy atom. The fraction of sp³-hybridized carbons (Fsp3) is 0.462. The van der Waals surface area contributed by atoms with Gasteiger partial charge in [-0.1, -0.05) is 36.3 Å². The molecule has 4 heterocycles. The summed E-state index contributed by atoms with van der Waals surface area (Å²) in [7, 11) is 0. The van der Waals surface area contributed by atoms with E-state index in [9.17, 15) is 4.79 Å². The molecule has 3 N–H and O–H groups in total. The summed E-state index contributed by atoms with van der Waals surface area (Å²) in [5.41, 5.74) is 8.37. The van der Waals surface area contributed by atoms with E-state index in [1.165, 1.54) is 5.56 Å². The maximum absolute atomic E-state index is 12.7. The Balaban J connectivity index is 1.38. The average molecular weight is 491 g/mol. The van der Waals surface area contributed by atoms with E-state index < -0.39 is 30.3 Å². The summed E-state index contributed by atoms with van der Waals surface area (Å²) in [5, 5.41) is 2.80. The molecule has 2 saturated heterocycles. The number of rotatable bonds is 6. The number of nitrogens with zero attached hydrogens (tertiary/aromatic N) is 4. The Bertz CT molecular complexity index is 1310. The van der Waals surface area contributed by atoms with Crippen LogP contribution in [0.25, 0.3) is 11.2 Å². The van der Waals surface area contributed by atoms with Crippen LogP contribution in [-0.2, 0) is 25.4 Å². The van der Waals surface area contributed by atoms with Gasteiger partial charge < -0.3 is 25.3 Å². The van der Waals surface area contributed by atoms with Crippen molar-refractivity contribution in [2.45, 2.75) is 70.4 Å². The van der Waals surface area contributed by atoms with Crippen LogP contribution in [0.4, 0.5) is 5.82 Å². The third-order valence-electron chi connectivity index (χ3n) is 6.17. The number of nitrogen functional groups attached to an aromatic ring is 1. The molecule has 5 rings (SSSR count). The summed E-state index contributed by atoms with van der Waals surface area (Å²) >= 11 is 0. The number of nitrogens with two attached hydrogens (primary N) is 1. The Labute approximate surface area is 209 Å². The van der Waals surface area contributed by atoms with Crippen LogP contribution in [0.15, 0.2) is 36.7 Å². The number of anilines is 1. The number of likely N-dealkylation sites (N-methyl/N-ethyl adjacent to an activating group) is 1. The van der Waals surface area contributed by atoms with E-state index in [2.05, 4.69) is 44.2 Å². The van der Waals surface area contributed by atoms with E-state index >= 15 is 0 Å². The van der Waals surface area contributed by atoms with Gasteiger partial charge in [0, 0.05) is 13.0 Å². The first-order valence-corrected chi connectivity index (χ1v) is 12.2. The summed E-state index contributed by atoms with van der Waals surface area (Å²) in [6.07, 6.45) is 1.54. The monoisotopic (exact) mass is 490 g/mol. The molecular formula is C26H30N6O4. The molecule has 0 bridgehead atoms. The van der Waals surface area contributed by atoms with Gasteiger partial charge in [0.05, 0.1) is 6.33 Å². The third-order valence-corrected chi connectivity index (χ3v) is 6.17. The number of amides is 1. The van der Waals surface area contributed by atoms with Gasteiger partial charge in [-0.3, -0.25) is 9.36 Å². The molecule has 188 valence electrons. The predicted molar refractivity (Wildman–Crippen MR) is 132 cm³/mol. The van der Waals surface area contributed by atoms with Crippen LogP contribution in [0, 0.1) is 11.8 Å². The molecule has 2 aliphatic rings. The van der Waals surface area contributed by atoms with E-state index in [0.717, 1.165) is 12.8 Å². The molecule has 1 aromatic carbocycles. The van der Waals surface area contributed by atoms with Gasteiger partial charge in [-0.2, -0.15) is 0 Å². The SMILES string of the molecule is CCNC(=O)[C@H]1O[C@@H](n2cnc3c(N)nc(C#CCCCc4ccccc4)nc32)[C@@H]2OC(C)(C)O[C@@H]21. The molecule has 2 aromatic heterocycles. The zero-order chi connectivity index (χ0) is 25.3. The molecule has 2 aliphatic heterocycles. The molecule has 4 atom stereocenters. The van der Waals surface area contributed by atoms with Gasteiger partial charge in [-0.25, -0.2) is 15.0 Å². The van der Waals surface area contributed by atoms with Crippen LogP contribution in [0.1, 0.15) is 51.2 Å². The normalized spacial score (nSPS) is 24.3. The number of hydrogen-bond acceptors (Lipinski definition) is 8. The molecule has 0 aliphatic carbocycles. The molecule has 0 spiro atoms. The summed E-state index contributed by atoms with van der Waals surface area (Å²) in [6.45, 7) is 5.96. The molecule has 0 radical (unpaired) electrons. The van der Waals surface area contributed by atoms with Gasteiger partial charge in [0.1, 0.15) is 17.7 Å². The fourth-order valence-corrected chi connectivity index (χ4v) is 4.63. The van der Waals surface area contributed by atoms with Crippen LogP contribution >= 0.6 is 0 Å². The summed E-state index contributed by atoms with van der Waals surface area (Å²) < 4.78 is 20.0. The molecule has 36 heavy (non-hydrogen) atoms. The van der Waals surface area contributed by atoms with Crippen molar-refractivity contribution < 1.29 is 19.0 Å². The van der Waals surface area contributed by atoms with E-state index in [1.807, 2.05) is 39.0 Å². The van der Waals surface area contributed by atoms with Crippen molar-refractivity contribution in [2.24, 2.45) is 0 Å². The number of nitrogens with one attached hydrogen (secondary N) is 1. The van der Waals surface area contributed by atoms with Gasteiger partial charge >= 0.3 is 0 Å². The lowest BCUT2D eigenvalue weighted by Crippen LogP contribution is -2.42. The Hall–Kier alpha value is -3.52. The molecular weight excluding hydrogens is 460 g/mol. The summed E-state index contributed by atoms with van der Waals surface area (Å²) in [5.74, 6) is 5.58. The van der Waals surface area contributed by atoms with Crippen molar-refractivity contribution in [1.82, 2.24) is 24.8 Å². The molecule has 2 fully saturated rings. The standard InChI is InChI=1S/C26H30N6O4/c1-4-28-24(33)20-19-21(36-26(2,3)35-19)25(34-20)32-15-29-18-22(27)30-17(31-23(18)32)14-10-6-9-13-16-11-7-5-8-12-16/h5,7-8,11-12,15,19-21,25H,4,6,9,13H2,1-3H3,(H,28,33)(H2,27,30,31)/t19-,20+,21-,25-/m1/s1. The quantitative estimate of drug-likeness (QED) is 0.398. The Kier molecular flexibility index (Phi) is 6.62. The number of hydrogen-bond donors (Lipinski definition) is 2. The van der Waals surface area contributed by atoms with Crippen molar-refractivity contribution in [3.63, 3.8) is 0 Å². The van der Waals surface area contributed by atoms with Gasteiger partial charge in [0.25, 0.3) is 5.91 Å². The summed E-state index contributed by atoms with van der Waals surface area (Å²) in [4.78, 5) is 26.0. The second-order valence-electron chi connectivity index (χ2n) is 9.30. The number of carbonyl (C=O) groups is 1. The maximum Gasteiger partial charge on any atom is 0.252 e. The second-order valence-corrected chi connectivity index (χ2v) is 9.30. The minimum atomic E-state index is -0.858. The first-order chi connectivity index (χ1) is 17.4. The average Bonchev–Trinajstić information content (AvgIpc) is 3.50. The van der Waals surface area contributed by atoms with Crippen LogP contribution in [-0.4, -0.2) is 56.1 Å². The van der Waals surface area contributed by atoms with Crippen molar-refractivity contribution in [2.75, 3.05) is 12.3 Å². The Morgan fingerprint density at radius 2 is 1.97 bits per heavy atom. The lowest BCUT2D eigenvalue weighted by atomic mass is 10.1. The zero-order valence-corrected chi connectivity index (χ0v) is 20.6. The highest BCUT2D eigenvalue weighted by Crippen LogP contribution is 2.43. The van der Waals surface area contributed by atoms with Crippen LogP contribution in [0.2, 0.25) is 0 Å².